The van der Waals surface area contributed by atoms with Gasteiger partial charge in [-0.15, -0.1) is 0 Å². The molecule has 0 aliphatic heterocycles. The lowest BCUT2D eigenvalue weighted by Crippen LogP contribution is -2.34. The van der Waals surface area contributed by atoms with Crippen molar-refractivity contribution in [3.8, 4) is 0 Å². The number of nitrogens with one attached hydrogen (secondary N) is 1. The number of aryl methyl sites for hydroxylation is 1. The Morgan fingerprint density at radius 1 is 1.30 bits per heavy atom. The summed E-state index contributed by atoms with van der Waals surface area (Å²) in [7, 11) is -2.03. The molecule has 0 bridgehead atoms. The fourth-order valence-electron chi connectivity index (χ4n) is 2.51. The Hall–Kier alpha value is -1.11. The van der Waals surface area contributed by atoms with Gasteiger partial charge < -0.3 is 5.11 Å². The molecule has 1 aliphatic rings. The molecule has 2 N–H and O–H groups in total. The minimum Gasteiger partial charge on any atom is -0.396 e. The van der Waals surface area contributed by atoms with E-state index in [0.29, 0.717) is 18.7 Å². The fraction of sp³-hybridized carbons (Fsp3) is 0.571. The highest BCUT2D eigenvalue weighted by Crippen LogP contribution is 2.28. The van der Waals surface area contributed by atoms with E-state index in [4.69, 9.17) is 5.11 Å². The maximum Gasteiger partial charge on any atom is 0.301 e. The summed E-state index contributed by atoms with van der Waals surface area (Å²) in [6, 6.07) is 5.79. The van der Waals surface area contributed by atoms with Crippen LogP contribution in [0.2, 0.25) is 0 Å². The molecule has 0 fully saturated rings. The van der Waals surface area contributed by atoms with Gasteiger partial charge in [-0.3, -0.25) is 4.72 Å². The molecule has 0 saturated carbocycles. The van der Waals surface area contributed by atoms with Crippen molar-refractivity contribution < 1.29 is 13.5 Å². The summed E-state index contributed by atoms with van der Waals surface area (Å²) in [5.41, 5.74) is 3.06. The maximum absolute atomic E-state index is 12.2. The first-order chi connectivity index (χ1) is 9.54. The average molecular weight is 298 g/mol. The summed E-state index contributed by atoms with van der Waals surface area (Å²) < 4.78 is 28.4. The summed E-state index contributed by atoms with van der Waals surface area (Å²) in [5.74, 6) is 0. The second kappa shape index (κ2) is 6.56. The van der Waals surface area contributed by atoms with Crippen LogP contribution in [0.25, 0.3) is 0 Å². The number of benzene rings is 1. The molecule has 1 aromatic carbocycles. The molecule has 20 heavy (non-hydrogen) atoms. The van der Waals surface area contributed by atoms with E-state index in [9.17, 15) is 8.42 Å². The first kappa shape index (κ1) is 15.3. The second-order valence-electron chi connectivity index (χ2n) is 5.16. The van der Waals surface area contributed by atoms with Gasteiger partial charge in [-0.2, -0.15) is 12.7 Å². The Kier molecular flexibility index (Phi) is 5.01. The van der Waals surface area contributed by atoms with Crippen LogP contribution in [0.1, 0.15) is 30.4 Å². The number of aliphatic hydroxyl groups excluding tert-OH is 1. The highest BCUT2D eigenvalue weighted by molar-refractivity contribution is 7.90. The molecule has 0 radical (unpaired) electrons. The molecular weight excluding hydrogens is 276 g/mol. The predicted molar refractivity (Wildman–Crippen MR) is 80.0 cm³/mol. The molecule has 0 unspecified atom stereocenters. The minimum absolute atomic E-state index is 0.0133. The monoisotopic (exact) mass is 298 g/mol. The normalized spacial score (nSPS) is 15.2. The van der Waals surface area contributed by atoms with Crippen molar-refractivity contribution in [1.82, 2.24) is 4.31 Å². The van der Waals surface area contributed by atoms with E-state index in [0.717, 1.165) is 24.8 Å². The standard InChI is InChI=1S/C14H22N2O3S/c1-16(10-5-11-17)20(18,19)15-14-9-4-7-12-6-2-3-8-13(12)14/h4,7,9,15,17H,2-3,5-6,8,10-11H2,1H3. The Morgan fingerprint density at radius 2 is 2.05 bits per heavy atom. The number of nitrogens with zero attached hydrogens (tertiary/aromatic N) is 1. The molecule has 1 aromatic rings. The van der Waals surface area contributed by atoms with Gasteiger partial charge in [0.15, 0.2) is 0 Å². The van der Waals surface area contributed by atoms with Crippen molar-refractivity contribution in [3.63, 3.8) is 0 Å². The van der Waals surface area contributed by atoms with Crippen molar-refractivity contribution in [2.24, 2.45) is 0 Å². The van der Waals surface area contributed by atoms with Crippen LogP contribution in [0.3, 0.4) is 0 Å². The van der Waals surface area contributed by atoms with Crippen LogP contribution in [0, 0.1) is 0 Å². The molecule has 2 rings (SSSR count). The third-order valence-corrected chi connectivity index (χ3v) is 5.16. The Balaban J connectivity index is 2.17. The number of hydrogen-bond acceptors (Lipinski definition) is 3. The van der Waals surface area contributed by atoms with Gasteiger partial charge in [-0.05, 0) is 49.3 Å². The maximum atomic E-state index is 12.2. The molecule has 0 aromatic heterocycles. The Bertz CT molecular complexity index is 558. The molecule has 0 heterocycles. The van der Waals surface area contributed by atoms with E-state index in [-0.39, 0.29) is 6.61 Å². The molecule has 5 nitrogen and oxygen atoms in total. The quantitative estimate of drug-likeness (QED) is 0.837. The zero-order valence-electron chi connectivity index (χ0n) is 11.8. The van der Waals surface area contributed by atoms with Crippen LogP contribution in [-0.2, 0) is 23.1 Å². The van der Waals surface area contributed by atoms with Crippen LogP contribution in [0.5, 0.6) is 0 Å². The van der Waals surface area contributed by atoms with Crippen LogP contribution >= 0.6 is 0 Å². The highest BCUT2D eigenvalue weighted by atomic mass is 32.2. The van der Waals surface area contributed by atoms with Gasteiger partial charge >= 0.3 is 10.2 Å². The van der Waals surface area contributed by atoms with E-state index < -0.39 is 10.2 Å². The number of hydrogen-bond donors (Lipinski definition) is 2. The topological polar surface area (TPSA) is 69.6 Å². The Morgan fingerprint density at radius 3 is 2.80 bits per heavy atom. The van der Waals surface area contributed by atoms with Gasteiger partial charge in [0.2, 0.25) is 0 Å². The van der Waals surface area contributed by atoms with E-state index in [2.05, 4.69) is 10.8 Å². The van der Waals surface area contributed by atoms with E-state index in [1.807, 2.05) is 12.1 Å². The molecule has 6 heteroatoms. The second-order valence-corrected chi connectivity index (χ2v) is 6.93. The lowest BCUT2D eigenvalue weighted by Gasteiger charge is -2.22. The van der Waals surface area contributed by atoms with Crippen LogP contribution in [0.4, 0.5) is 5.69 Å². The summed E-state index contributed by atoms with van der Waals surface area (Å²) in [6.45, 7) is 0.293. The van der Waals surface area contributed by atoms with Gasteiger partial charge in [0.1, 0.15) is 0 Å². The summed E-state index contributed by atoms with van der Waals surface area (Å²) in [6.07, 6.45) is 4.65. The summed E-state index contributed by atoms with van der Waals surface area (Å²) in [4.78, 5) is 0. The molecule has 1 aliphatic carbocycles. The zero-order chi connectivity index (χ0) is 14.6. The van der Waals surface area contributed by atoms with Crippen LogP contribution in [0.15, 0.2) is 18.2 Å². The van der Waals surface area contributed by atoms with Gasteiger partial charge in [0, 0.05) is 20.2 Å². The van der Waals surface area contributed by atoms with Gasteiger partial charge in [-0.1, -0.05) is 12.1 Å². The summed E-state index contributed by atoms with van der Waals surface area (Å²) in [5, 5.41) is 8.79. The summed E-state index contributed by atoms with van der Waals surface area (Å²) >= 11 is 0. The first-order valence-corrected chi connectivity index (χ1v) is 8.44. The zero-order valence-corrected chi connectivity index (χ0v) is 12.6. The van der Waals surface area contributed by atoms with Crippen molar-refractivity contribution in [1.29, 1.82) is 0 Å². The van der Waals surface area contributed by atoms with Crippen molar-refractivity contribution in [3.05, 3.63) is 29.3 Å². The van der Waals surface area contributed by atoms with Crippen molar-refractivity contribution in [2.75, 3.05) is 24.9 Å². The molecular formula is C14H22N2O3S. The number of fused-ring (bicyclic) bond motifs is 1. The average Bonchev–Trinajstić information content (AvgIpc) is 2.44. The van der Waals surface area contributed by atoms with Crippen LogP contribution in [-0.4, -0.2) is 38.0 Å². The number of rotatable bonds is 6. The van der Waals surface area contributed by atoms with E-state index >= 15 is 0 Å². The molecule has 0 saturated heterocycles. The fourth-order valence-corrected chi connectivity index (χ4v) is 3.50. The largest absolute Gasteiger partial charge is 0.396 e. The third kappa shape index (κ3) is 3.50. The lowest BCUT2D eigenvalue weighted by molar-refractivity contribution is 0.276. The van der Waals surface area contributed by atoms with Crippen molar-refractivity contribution >= 4 is 15.9 Å². The predicted octanol–water partition coefficient (Wildman–Crippen LogP) is 1.54. The van der Waals surface area contributed by atoms with E-state index in [1.54, 1.807) is 0 Å². The molecule has 0 amide bonds. The first-order valence-electron chi connectivity index (χ1n) is 7.00. The van der Waals surface area contributed by atoms with E-state index in [1.165, 1.54) is 23.3 Å². The minimum atomic E-state index is -3.55. The number of aliphatic hydroxyl groups is 1. The number of anilines is 1. The smallest absolute Gasteiger partial charge is 0.301 e. The molecule has 0 spiro atoms. The molecule has 0 atom stereocenters. The SMILES string of the molecule is CN(CCCO)S(=O)(=O)Nc1cccc2c1CCCC2. The lowest BCUT2D eigenvalue weighted by atomic mass is 9.91. The third-order valence-electron chi connectivity index (χ3n) is 3.68. The Labute approximate surface area is 120 Å². The van der Waals surface area contributed by atoms with Gasteiger partial charge in [0.25, 0.3) is 0 Å². The van der Waals surface area contributed by atoms with Crippen LogP contribution < -0.4 is 4.72 Å². The highest BCUT2D eigenvalue weighted by Gasteiger charge is 2.20. The molecule has 112 valence electrons. The van der Waals surface area contributed by atoms with Gasteiger partial charge in [0.05, 0.1) is 5.69 Å². The van der Waals surface area contributed by atoms with Crippen molar-refractivity contribution in [2.45, 2.75) is 32.1 Å². The van der Waals surface area contributed by atoms with Gasteiger partial charge in [-0.25, -0.2) is 0 Å².